The van der Waals surface area contributed by atoms with E-state index in [1.165, 1.54) is 12.7 Å². The van der Waals surface area contributed by atoms with Gasteiger partial charge in [0.1, 0.15) is 0 Å². The van der Waals surface area contributed by atoms with Crippen molar-refractivity contribution in [3.63, 3.8) is 0 Å². The summed E-state index contributed by atoms with van der Waals surface area (Å²) in [4.78, 5) is 13.9. The number of carbonyl (C=O) groups is 1. The molecule has 0 N–H and O–H groups in total. The van der Waals surface area contributed by atoms with Gasteiger partial charge < -0.3 is 4.74 Å². The predicted molar refractivity (Wildman–Crippen MR) is 71.6 cm³/mol. The topological polar surface area (TPSA) is 29.5 Å². The van der Waals surface area contributed by atoms with Crippen LogP contribution in [0.5, 0.6) is 0 Å². The van der Waals surface area contributed by atoms with Crippen molar-refractivity contribution in [3.8, 4) is 0 Å². The van der Waals surface area contributed by atoms with Crippen molar-refractivity contribution >= 4 is 17.6 Å². The third kappa shape index (κ3) is 2.85. The Morgan fingerprint density at radius 2 is 2.06 bits per heavy atom. The van der Waals surface area contributed by atoms with Gasteiger partial charge in [0.05, 0.1) is 13.0 Å². The minimum absolute atomic E-state index is 0.00637. The van der Waals surface area contributed by atoms with E-state index in [4.69, 9.17) is 16.3 Å². The first-order valence-corrected chi connectivity index (χ1v) is 6.53. The van der Waals surface area contributed by atoms with Gasteiger partial charge in [0, 0.05) is 11.1 Å². The third-order valence-corrected chi connectivity index (χ3v) is 3.91. The van der Waals surface area contributed by atoms with E-state index < -0.39 is 0 Å². The summed E-state index contributed by atoms with van der Waals surface area (Å²) in [5.74, 6) is -0.0889. The fourth-order valence-electron chi connectivity index (χ4n) is 2.54. The number of nitrogens with zero attached hydrogens (tertiary/aromatic N) is 1. The van der Waals surface area contributed by atoms with Gasteiger partial charge in [-0.25, -0.2) is 0 Å². The average Bonchev–Trinajstić information content (AvgIpc) is 2.39. The van der Waals surface area contributed by atoms with E-state index in [2.05, 4.69) is 11.9 Å². The van der Waals surface area contributed by atoms with E-state index in [1.54, 1.807) is 0 Å². The molecule has 3 nitrogen and oxygen atoms in total. The van der Waals surface area contributed by atoms with Gasteiger partial charge in [-0.05, 0) is 44.1 Å². The van der Waals surface area contributed by atoms with E-state index in [0.29, 0.717) is 0 Å². The highest BCUT2D eigenvalue weighted by atomic mass is 35.5. The van der Waals surface area contributed by atoms with Crippen molar-refractivity contribution in [2.24, 2.45) is 5.92 Å². The van der Waals surface area contributed by atoms with Crippen molar-refractivity contribution in [2.75, 3.05) is 20.7 Å². The smallest absolute Gasteiger partial charge is 0.308 e. The van der Waals surface area contributed by atoms with Gasteiger partial charge in [-0.2, -0.15) is 0 Å². The Kier molecular flexibility index (Phi) is 4.25. The highest BCUT2D eigenvalue weighted by Gasteiger charge is 2.31. The fourth-order valence-corrected chi connectivity index (χ4v) is 2.66. The second-order valence-electron chi connectivity index (χ2n) is 4.79. The van der Waals surface area contributed by atoms with Crippen LogP contribution in [0.4, 0.5) is 0 Å². The quantitative estimate of drug-likeness (QED) is 0.772. The molecule has 1 aliphatic heterocycles. The number of carbonyl (C=O) groups excluding carboxylic acids is 1. The predicted octanol–water partition coefficient (Wildman–Crippen LogP) is 2.90. The number of ether oxygens (including phenoxy) is 1. The average molecular weight is 268 g/mol. The lowest BCUT2D eigenvalue weighted by atomic mass is 9.87. The van der Waals surface area contributed by atoms with Crippen LogP contribution in [0.2, 0.25) is 5.02 Å². The summed E-state index contributed by atoms with van der Waals surface area (Å²) in [5, 5.41) is 0.738. The number of methoxy groups -OCH3 is 1. The first-order valence-electron chi connectivity index (χ1n) is 6.15. The number of benzene rings is 1. The summed E-state index contributed by atoms with van der Waals surface area (Å²) in [6.07, 6.45) is 1.68. The highest BCUT2D eigenvalue weighted by molar-refractivity contribution is 6.30. The lowest BCUT2D eigenvalue weighted by molar-refractivity contribution is -0.147. The highest BCUT2D eigenvalue weighted by Crippen LogP contribution is 2.33. The Bertz CT molecular complexity index is 418. The molecule has 2 unspecified atom stereocenters. The Morgan fingerprint density at radius 1 is 1.39 bits per heavy atom. The van der Waals surface area contributed by atoms with Gasteiger partial charge >= 0.3 is 5.97 Å². The third-order valence-electron chi connectivity index (χ3n) is 3.66. The molecule has 1 heterocycles. The number of hydrogen-bond donors (Lipinski definition) is 0. The minimum Gasteiger partial charge on any atom is -0.469 e. The van der Waals surface area contributed by atoms with Gasteiger partial charge in [-0.1, -0.05) is 23.7 Å². The molecule has 0 aromatic heterocycles. The summed E-state index contributed by atoms with van der Waals surface area (Å²) in [6, 6.07) is 8.12. The van der Waals surface area contributed by atoms with Crippen LogP contribution in [0.25, 0.3) is 0 Å². The molecular weight excluding hydrogens is 250 g/mol. The second-order valence-corrected chi connectivity index (χ2v) is 5.23. The zero-order valence-electron chi connectivity index (χ0n) is 10.7. The van der Waals surface area contributed by atoms with E-state index in [9.17, 15) is 4.79 Å². The molecular formula is C14H18ClNO2. The first-order chi connectivity index (χ1) is 8.61. The molecule has 2 atom stereocenters. The number of rotatable bonds is 2. The fraction of sp³-hybridized carbons (Fsp3) is 0.500. The minimum atomic E-state index is -0.0953. The Hall–Kier alpha value is -1.06. The van der Waals surface area contributed by atoms with Crippen LogP contribution in [0.1, 0.15) is 24.4 Å². The molecule has 1 saturated heterocycles. The van der Waals surface area contributed by atoms with Gasteiger partial charge in [0.2, 0.25) is 0 Å². The lowest BCUT2D eigenvalue weighted by Gasteiger charge is -2.36. The Morgan fingerprint density at radius 3 is 2.67 bits per heavy atom. The van der Waals surface area contributed by atoms with E-state index in [-0.39, 0.29) is 17.9 Å². The summed E-state index contributed by atoms with van der Waals surface area (Å²) in [7, 11) is 3.55. The van der Waals surface area contributed by atoms with Crippen LogP contribution >= 0.6 is 11.6 Å². The molecule has 0 saturated carbocycles. The van der Waals surface area contributed by atoms with Gasteiger partial charge in [-0.3, -0.25) is 9.69 Å². The normalized spacial score (nSPS) is 24.8. The van der Waals surface area contributed by atoms with Crippen molar-refractivity contribution < 1.29 is 9.53 Å². The van der Waals surface area contributed by atoms with Gasteiger partial charge in [-0.15, -0.1) is 0 Å². The van der Waals surface area contributed by atoms with Crippen molar-refractivity contribution in [1.29, 1.82) is 0 Å². The SMILES string of the molecule is COC(=O)C1CCN(C)C(c2ccc(Cl)cc2)C1. The number of halogens is 1. The molecule has 0 spiro atoms. The summed E-state index contributed by atoms with van der Waals surface area (Å²) < 4.78 is 4.85. The molecule has 0 bridgehead atoms. The van der Waals surface area contributed by atoms with Crippen LogP contribution in [0.3, 0.4) is 0 Å². The zero-order chi connectivity index (χ0) is 13.1. The molecule has 0 amide bonds. The standard InChI is InChI=1S/C14H18ClNO2/c1-16-8-7-11(14(17)18-2)9-13(16)10-3-5-12(15)6-4-10/h3-6,11,13H,7-9H2,1-2H3. The number of piperidine rings is 1. The second kappa shape index (κ2) is 5.72. The maximum Gasteiger partial charge on any atom is 0.308 e. The Labute approximate surface area is 113 Å². The summed E-state index contributed by atoms with van der Waals surface area (Å²) in [5.41, 5.74) is 1.20. The molecule has 1 fully saturated rings. The van der Waals surface area contributed by atoms with Crippen LogP contribution in [0, 0.1) is 5.92 Å². The van der Waals surface area contributed by atoms with Crippen LogP contribution in [-0.2, 0) is 9.53 Å². The molecule has 18 heavy (non-hydrogen) atoms. The summed E-state index contributed by atoms with van der Waals surface area (Å²) >= 11 is 5.90. The molecule has 0 aliphatic carbocycles. The van der Waals surface area contributed by atoms with E-state index in [0.717, 1.165) is 24.4 Å². The Balaban J connectivity index is 2.14. The van der Waals surface area contributed by atoms with Crippen molar-refractivity contribution in [2.45, 2.75) is 18.9 Å². The zero-order valence-corrected chi connectivity index (χ0v) is 11.5. The van der Waals surface area contributed by atoms with Crippen LogP contribution < -0.4 is 0 Å². The monoisotopic (exact) mass is 267 g/mol. The molecule has 1 aliphatic rings. The molecule has 98 valence electrons. The van der Waals surface area contributed by atoms with E-state index >= 15 is 0 Å². The molecule has 1 aromatic rings. The molecule has 0 radical (unpaired) electrons. The maximum absolute atomic E-state index is 11.6. The molecule has 1 aromatic carbocycles. The largest absolute Gasteiger partial charge is 0.469 e. The van der Waals surface area contributed by atoms with Gasteiger partial charge in [0.25, 0.3) is 0 Å². The van der Waals surface area contributed by atoms with Gasteiger partial charge in [0.15, 0.2) is 0 Å². The number of likely N-dealkylation sites (tertiary alicyclic amines) is 1. The molecule has 4 heteroatoms. The van der Waals surface area contributed by atoms with Crippen LogP contribution in [-0.4, -0.2) is 31.6 Å². The summed E-state index contributed by atoms with van der Waals surface area (Å²) in [6.45, 7) is 0.910. The maximum atomic E-state index is 11.6. The van der Waals surface area contributed by atoms with Crippen LogP contribution in [0.15, 0.2) is 24.3 Å². The first kappa shape index (κ1) is 13.4. The molecule has 2 rings (SSSR count). The number of hydrogen-bond acceptors (Lipinski definition) is 3. The lowest BCUT2D eigenvalue weighted by Crippen LogP contribution is -2.36. The van der Waals surface area contributed by atoms with Crippen molar-refractivity contribution in [1.82, 2.24) is 4.90 Å². The van der Waals surface area contributed by atoms with Crippen molar-refractivity contribution in [3.05, 3.63) is 34.9 Å². The van der Waals surface area contributed by atoms with E-state index in [1.807, 2.05) is 24.3 Å². The number of esters is 1.